The summed E-state index contributed by atoms with van der Waals surface area (Å²) in [6, 6.07) is -0.359. The van der Waals surface area contributed by atoms with E-state index in [1.54, 1.807) is 21.0 Å². The topological polar surface area (TPSA) is 145 Å². The summed E-state index contributed by atoms with van der Waals surface area (Å²) in [6.45, 7) is 16.5. The summed E-state index contributed by atoms with van der Waals surface area (Å²) in [6.07, 6.45) is 0.142. The van der Waals surface area contributed by atoms with Gasteiger partial charge in [-0.3, -0.25) is 14.4 Å². The van der Waals surface area contributed by atoms with E-state index in [0.717, 1.165) is 12.8 Å². The van der Waals surface area contributed by atoms with Crippen LogP contribution in [0.2, 0.25) is 0 Å². The van der Waals surface area contributed by atoms with Gasteiger partial charge in [0.2, 0.25) is 0 Å². The molecule has 5 unspecified atom stereocenters. The average Bonchev–Trinajstić information content (AvgIpc) is 3.69. The van der Waals surface area contributed by atoms with E-state index in [0.29, 0.717) is 32.4 Å². The number of hydrogen-bond donors (Lipinski definition) is 3. The number of Topliss-reactive ketones (excluding diaryl/α,β-unsaturated/α-hetero) is 1. The van der Waals surface area contributed by atoms with Crippen molar-refractivity contribution in [3.8, 4) is 0 Å². The van der Waals surface area contributed by atoms with Crippen LogP contribution in [-0.2, 0) is 38.1 Å². The van der Waals surface area contributed by atoms with Crippen molar-refractivity contribution in [1.82, 2.24) is 15.5 Å². The molecule has 0 amide bonds. The summed E-state index contributed by atoms with van der Waals surface area (Å²) in [5, 5.41) is 18.8. The molecule has 1 aliphatic carbocycles. The average molecular weight is 682 g/mol. The van der Waals surface area contributed by atoms with Gasteiger partial charge in [-0.15, -0.1) is 0 Å². The third-order valence-electron chi connectivity index (χ3n) is 11.8. The van der Waals surface area contributed by atoms with Gasteiger partial charge in [-0.05, 0) is 93.3 Å². The maximum absolute atomic E-state index is 14.2. The molecule has 3 aliphatic heterocycles. The Morgan fingerprint density at radius 1 is 1.08 bits per heavy atom. The van der Waals surface area contributed by atoms with E-state index in [-0.39, 0.29) is 53.7 Å². The number of ether oxygens (including phenoxy) is 5. The molecule has 12 nitrogen and oxygen atoms in total. The molecule has 0 spiro atoms. The van der Waals surface area contributed by atoms with Crippen LogP contribution in [0.15, 0.2) is 0 Å². The highest BCUT2D eigenvalue weighted by Crippen LogP contribution is 2.42. The first kappa shape index (κ1) is 39.1. The molecule has 12 heteroatoms. The van der Waals surface area contributed by atoms with Crippen LogP contribution in [0, 0.1) is 23.7 Å². The zero-order valence-corrected chi connectivity index (χ0v) is 31.2. The summed E-state index contributed by atoms with van der Waals surface area (Å²) < 4.78 is 31.3. The zero-order chi connectivity index (χ0) is 35.8. The number of cyclic esters (lactones) is 1. The number of nitrogens with one attached hydrogen (secondary N) is 2. The fraction of sp³-hybridized carbons (Fsp3) is 0.917. The Labute approximate surface area is 287 Å². The maximum Gasteiger partial charge on any atom is 0.316 e. The van der Waals surface area contributed by atoms with Gasteiger partial charge in [0.05, 0.1) is 24.2 Å². The summed E-state index contributed by atoms with van der Waals surface area (Å²) in [4.78, 5) is 42.5. The van der Waals surface area contributed by atoms with Crippen molar-refractivity contribution in [3.63, 3.8) is 0 Å². The number of carbonyl (C=O) groups is 3. The third-order valence-corrected chi connectivity index (χ3v) is 11.8. The number of rotatable bonds is 8. The van der Waals surface area contributed by atoms with Crippen molar-refractivity contribution in [2.75, 3.05) is 34.3 Å². The minimum atomic E-state index is -1.12. The van der Waals surface area contributed by atoms with Gasteiger partial charge in [-0.25, -0.2) is 0 Å². The first-order chi connectivity index (χ1) is 22.4. The Hall–Kier alpha value is -1.67. The summed E-state index contributed by atoms with van der Waals surface area (Å²) in [5.74, 6) is -3.50. The quantitative estimate of drug-likeness (QED) is 0.256. The number of aliphatic hydroxyl groups excluding tert-OH is 1. The molecular weight excluding hydrogens is 618 g/mol. The van der Waals surface area contributed by atoms with Gasteiger partial charge in [0.15, 0.2) is 17.7 Å². The van der Waals surface area contributed by atoms with Gasteiger partial charge in [0, 0.05) is 43.1 Å². The molecule has 4 rings (SSSR count). The van der Waals surface area contributed by atoms with Crippen LogP contribution < -0.4 is 10.6 Å². The lowest BCUT2D eigenvalue weighted by Crippen LogP contribution is -2.60. The number of ketones is 1. The molecule has 4 fully saturated rings. The number of aliphatic hydroxyl groups is 1. The lowest BCUT2D eigenvalue weighted by atomic mass is 9.78. The van der Waals surface area contributed by atoms with E-state index >= 15 is 0 Å². The second-order valence-corrected chi connectivity index (χ2v) is 16.1. The van der Waals surface area contributed by atoms with Crippen molar-refractivity contribution >= 4 is 17.7 Å². The molecule has 3 saturated heterocycles. The van der Waals surface area contributed by atoms with Gasteiger partial charge in [0.25, 0.3) is 0 Å². The number of methoxy groups -OCH3 is 1. The molecule has 3 heterocycles. The van der Waals surface area contributed by atoms with Gasteiger partial charge >= 0.3 is 11.9 Å². The van der Waals surface area contributed by atoms with Gasteiger partial charge < -0.3 is 44.3 Å². The van der Waals surface area contributed by atoms with Crippen LogP contribution in [0.3, 0.4) is 0 Å². The fourth-order valence-electron chi connectivity index (χ4n) is 8.17. The standard InChI is InChI=1S/C36H63N3O9/c1-12-27-36(8)25(16-28(40)48-36)23(5)37-18-20(2)17-35(7,44-11)31(21(3)29(41)22(4)32(43)46-27)47-33-30(42)26(39(9)10)15-24(45-33)19-38-34(6)13-14-34/h20-27,30-31,33,37-38,42H,12-19H2,1-11H3/t20-,21+,22?,23-,24?,25-,26?,27-,30?,31-,33?,35-,36+/m1/s1. The number of hydrogen-bond acceptors (Lipinski definition) is 12. The second-order valence-electron chi connectivity index (χ2n) is 16.1. The molecule has 0 aromatic carbocycles. The monoisotopic (exact) mass is 681 g/mol. The Bertz CT molecular complexity index is 1150. The molecule has 276 valence electrons. The summed E-state index contributed by atoms with van der Waals surface area (Å²) in [5.41, 5.74) is -1.93. The van der Waals surface area contributed by atoms with Crippen LogP contribution in [0.1, 0.15) is 93.9 Å². The minimum Gasteiger partial charge on any atom is -0.458 e. The Morgan fingerprint density at radius 3 is 2.33 bits per heavy atom. The van der Waals surface area contributed by atoms with Gasteiger partial charge in [0.1, 0.15) is 18.1 Å². The molecular formula is C36H63N3O9. The SMILES string of the molecule is CC[C@H]1OC(=O)C(C)C(=O)[C@H](C)[C@@H](OC2OC(CNC3(C)CC3)CC(N(C)C)C2O)[C@](C)(OC)C[C@@H](C)CN[C@H](C)[C@H]2CC(=O)O[C@@]21C. The number of carbonyl (C=O) groups excluding carboxylic acids is 3. The molecule has 48 heavy (non-hydrogen) atoms. The van der Waals surface area contributed by atoms with E-state index in [1.165, 1.54) is 0 Å². The van der Waals surface area contributed by atoms with E-state index in [1.807, 2.05) is 46.7 Å². The van der Waals surface area contributed by atoms with Gasteiger partial charge in [-0.1, -0.05) is 20.8 Å². The highest BCUT2D eigenvalue weighted by atomic mass is 16.7. The fourth-order valence-corrected chi connectivity index (χ4v) is 8.17. The molecule has 3 N–H and O–H groups in total. The van der Waals surface area contributed by atoms with Crippen LogP contribution in [-0.4, -0.2) is 122 Å². The Kier molecular flexibility index (Phi) is 12.5. The molecule has 0 radical (unpaired) electrons. The summed E-state index contributed by atoms with van der Waals surface area (Å²) >= 11 is 0. The molecule has 0 bridgehead atoms. The Balaban J connectivity index is 1.67. The van der Waals surface area contributed by atoms with Crippen molar-refractivity contribution in [3.05, 3.63) is 0 Å². The number of esters is 2. The van der Waals surface area contributed by atoms with Crippen molar-refractivity contribution in [2.24, 2.45) is 23.7 Å². The second kappa shape index (κ2) is 15.3. The first-order valence-electron chi connectivity index (χ1n) is 18.0. The first-order valence-corrected chi connectivity index (χ1v) is 18.0. The summed E-state index contributed by atoms with van der Waals surface area (Å²) in [7, 11) is 5.46. The van der Waals surface area contributed by atoms with Crippen molar-refractivity contribution in [2.45, 2.75) is 153 Å². The largest absolute Gasteiger partial charge is 0.458 e. The highest BCUT2D eigenvalue weighted by Gasteiger charge is 2.55. The molecule has 0 aromatic heterocycles. The minimum absolute atomic E-state index is 0.0560. The van der Waals surface area contributed by atoms with Crippen molar-refractivity contribution in [1.29, 1.82) is 0 Å². The zero-order valence-electron chi connectivity index (χ0n) is 31.2. The molecule has 13 atom stereocenters. The smallest absolute Gasteiger partial charge is 0.316 e. The van der Waals surface area contributed by atoms with Crippen molar-refractivity contribution < 1.29 is 43.2 Å². The predicted octanol–water partition coefficient (Wildman–Crippen LogP) is 2.83. The van der Waals surface area contributed by atoms with Crippen LogP contribution >= 0.6 is 0 Å². The van der Waals surface area contributed by atoms with Crippen LogP contribution in [0.4, 0.5) is 0 Å². The van der Waals surface area contributed by atoms with Crippen LogP contribution in [0.25, 0.3) is 0 Å². The molecule has 4 aliphatic rings. The normalized spacial score (nSPS) is 44.4. The van der Waals surface area contributed by atoms with E-state index < -0.39 is 53.6 Å². The number of fused-ring (bicyclic) bond motifs is 1. The Morgan fingerprint density at radius 2 is 1.75 bits per heavy atom. The lowest BCUT2D eigenvalue weighted by molar-refractivity contribution is -0.297. The van der Waals surface area contributed by atoms with Gasteiger partial charge in [-0.2, -0.15) is 0 Å². The molecule has 1 saturated carbocycles. The number of likely N-dealkylation sites (N-methyl/N-ethyl adjacent to an activating group) is 1. The lowest BCUT2D eigenvalue weighted by Gasteiger charge is -2.47. The van der Waals surface area contributed by atoms with E-state index in [4.69, 9.17) is 23.7 Å². The van der Waals surface area contributed by atoms with Crippen LogP contribution in [0.5, 0.6) is 0 Å². The number of nitrogens with zero attached hydrogens (tertiary/aromatic N) is 1. The highest BCUT2D eigenvalue weighted by molar-refractivity contribution is 6.00. The maximum atomic E-state index is 14.2. The van der Waals surface area contributed by atoms with E-state index in [2.05, 4.69) is 24.5 Å². The molecule has 0 aromatic rings. The third kappa shape index (κ3) is 8.44. The van der Waals surface area contributed by atoms with E-state index in [9.17, 15) is 19.5 Å². The predicted molar refractivity (Wildman–Crippen MR) is 180 cm³/mol.